The highest BCUT2D eigenvalue weighted by atomic mass is 19.4. The molecule has 0 aromatic heterocycles. The van der Waals surface area contributed by atoms with Crippen molar-refractivity contribution in [2.24, 2.45) is 5.41 Å². The lowest BCUT2D eigenvalue weighted by atomic mass is 9.81. The molecule has 1 unspecified atom stereocenters. The number of benzene rings is 1. The summed E-state index contributed by atoms with van der Waals surface area (Å²) in [6, 6.07) is 7.38. The monoisotopic (exact) mass is 252 g/mol. The molecule has 0 aliphatic heterocycles. The molecule has 0 radical (unpaired) electrons. The van der Waals surface area contributed by atoms with Crippen molar-refractivity contribution in [3.8, 4) is 0 Å². The van der Waals surface area contributed by atoms with E-state index in [-0.39, 0.29) is 0 Å². The van der Waals surface area contributed by atoms with E-state index in [1.54, 1.807) is 19.9 Å². The van der Waals surface area contributed by atoms with Crippen LogP contribution in [0.1, 0.15) is 31.9 Å². The fourth-order valence-electron chi connectivity index (χ4n) is 2.30. The highest BCUT2D eigenvalue weighted by Crippen LogP contribution is 2.48. The van der Waals surface area contributed by atoms with Crippen molar-refractivity contribution >= 4 is 11.6 Å². The van der Waals surface area contributed by atoms with Crippen molar-refractivity contribution in [1.29, 1.82) is 0 Å². The van der Waals surface area contributed by atoms with Gasteiger partial charge in [-0.05, 0) is 37.5 Å². The maximum Gasteiger partial charge on any atom is 0.401 e. The Morgan fingerprint density at radius 2 is 1.67 bits per heavy atom. The SMILES string of the molecule is CC1=CC(C)(C(F)(F)F)C(C)=Cc2ccccc21. The number of alkyl halides is 3. The molecule has 0 fully saturated rings. The Morgan fingerprint density at radius 1 is 1.06 bits per heavy atom. The first-order valence-corrected chi connectivity index (χ1v) is 5.80. The van der Waals surface area contributed by atoms with Crippen LogP contribution < -0.4 is 0 Å². The molecule has 0 N–H and O–H groups in total. The Bertz CT molecular complexity index is 535. The van der Waals surface area contributed by atoms with E-state index in [1.165, 1.54) is 13.0 Å². The van der Waals surface area contributed by atoms with Crippen LogP contribution in [0, 0.1) is 5.41 Å². The second-order valence-corrected chi connectivity index (χ2v) is 4.94. The first kappa shape index (κ1) is 12.9. The number of allylic oxidation sites excluding steroid dienone is 3. The van der Waals surface area contributed by atoms with Gasteiger partial charge in [0.2, 0.25) is 0 Å². The summed E-state index contributed by atoms with van der Waals surface area (Å²) < 4.78 is 39.8. The van der Waals surface area contributed by atoms with E-state index in [0.717, 1.165) is 11.1 Å². The molecule has 1 atom stereocenters. The van der Waals surface area contributed by atoms with Gasteiger partial charge in [-0.3, -0.25) is 0 Å². The Balaban J connectivity index is 2.70. The molecule has 0 spiro atoms. The molecule has 0 heterocycles. The second-order valence-electron chi connectivity index (χ2n) is 4.94. The van der Waals surface area contributed by atoms with Gasteiger partial charge >= 0.3 is 6.18 Å². The van der Waals surface area contributed by atoms with Gasteiger partial charge in [-0.25, -0.2) is 0 Å². The van der Waals surface area contributed by atoms with E-state index in [0.29, 0.717) is 11.1 Å². The topological polar surface area (TPSA) is 0 Å². The third-order valence-electron chi connectivity index (χ3n) is 3.67. The minimum Gasteiger partial charge on any atom is -0.170 e. The van der Waals surface area contributed by atoms with Crippen LogP contribution in [0.2, 0.25) is 0 Å². The summed E-state index contributed by atoms with van der Waals surface area (Å²) in [7, 11) is 0. The highest BCUT2D eigenvalue weighted by molar-refractivity contribution is 5.77. The fraction of sp³-hybridized carbons (Fsp3) is 0.333. The maximum atomic E-state index is 13.3. The van der Waals surface area contributed by atoms with Gasteiger partial charge < -0.3 is 0 Å². The molecule has 0 amide bonds. The molecular formula is C15H15F3. The van der Waals surface area contributed by atoms with Gasteiger partial charge in [0.1, 0.15) is 5.41 Å². The van der Waals surface area contributed by atoms with Gasteiger partial charge in [-0.1, -0.05) is 42.0 Å². The summed E-state index contributed by atoms with van der Waals surface area (Å²) in [6.07, 6.45) is -1.32. The molecule has 0 nitrogen and oxygen atoms in total. The van der Waals surface area contributed by atoms with E-state index in [2.05, 4.69) is 0 Å². The zero-order chi connectivity index (χ0) is 13.6. The summed E-state index contributed by atoms with van der Waals surface area (Å²) in [5.74, 6) is 0. The van der Waals surface area contributed by atoms with E-state index in [4.69, 9.17) is 0 Å². The molecule has 3 heteroatoms. The van der Waals surface area contributed by atoms with Crippen LogP contribution in [0.5, 0.6) is 0 Å². The summed E-state index contributed by atoms with van der Waals surface area (Å²) in [5.41, 5.74) is 0.801. The predicted octanol–water partition coefficient (Wildman–Crippen LogP) is 5.08. The predicted molar refractivity (Wildman–Crippen MR) is 67.9 cm³/mol. The van der Waals surface area contributed by atoms with E-state index >= 15 is 0 Å². The van der Waals surface area contributed by atoms with E-state index in [1.807, 2.05) is 24.3 Å². The van der Waals surface area contributed by atoms with Crippen molar-refractivity contribution in [1.82, 2.24) is 0 Å². The van der Waals surface area contributed by atoms with Crippen molar-refractivity contribution < 1.29 is 13.2 Å². The lowest BCUT2D eigenvalue weighted by Crippen LogP contribution is -2.34. The summed E-state index contributed by atoms with van der Waals surface area (Å²) in [4.78, 5) is 0. The van der Waals surface area contributed by atoms with Gasteiger partial charge in [0.15, 0.2) is 0 Å². The molecule has 96 valence electrons. The van der Waals surface area contributed by atoms with Crippen LogP contribution in [-0.2, 0) is 0 Å². The Kier molecular flexibility index (Phi) is 2.88. The highest BCUT2D eigenvalue weighted by Gasteiger charge is 2.51. The molecule has 1 aliphatic carbocycles. The zero-order valence-electron chi connectivity index (χ0n) is 10.6. The van der Waals surface area contributed by atoms with Crippen LogP contribution in [0.25, 0.3) is 11.6 Å². The van der Waals surface area contributed by atoms with Gasteiger partial charge in [-0.15, -0.1) is 0 Å². The number of hydrogen-bond acceptors (Lipinski definition) is 0. The van der Waals surface area contributed by atoms with Crippen LogP contribution >= 0.6 is 0 Å². The zero-order valence-corrected chi connectivity index (χ0v) is 10.6. The molecule has 0 bridgehead atoms. The van der Waals surface area contributed by atoms with Crippen LogP contribution in [0.15, 0.2) is 35.9 Å². The third kappa shape index (κ3) is 1.88. The largest absolute Gasteiger partial charge is 0.401 e. The number of halogens is 3. The quantitative estimate of drug-likeness (QED) is 0.604. The number of rotatable bonds is 0. The van der Waals surface area contributed by atoms with E-state index in [9.17, 15) is 13.2 Å². The van der Waals surface area contributed by atoms with Crippen LogP contribution in [0.3, 0.4) is 0 Å². The molecule has 0 saturated carbocycles. The molecule has 0 saturated heterocycles. The maximum absolute atomic E-state index is 13.3. The third-order valence-corrected chi connectivity index (χ3v) is 3.67. The number of fused-ring (bicyclic) bond motifs is 1. The van der Waals surface area contributed by atoms with Crippen molar-refractivity contribution in [2.75, 3.05) is 0 Å². The lowest BCUT2D eigenvalue weighted by molar-refractivity contribution is -0.186. The van der Waals surface area contributed by atoms with Gasteiger partial charge in [0.05, 0.1) is 0 Å². The Morgan fingerprint density at radius 3 is 2.28 bits per heavy atom. The standard InChI is InChI=1S/C15H15F3/c1-10-9-14(3,15(16,17)18)11(2)8-12-6-4-5-7-13(10)12/h4-9H,1-3H3. The molecule has 18 heavy (non-hydrogen) atoms. The van der Waals surface area contributed by atoms with Gasteiger partial charge in [0.25, 0.3) is 0 Å². The minimum atomic E-state index is -4.28. The van der Waals surface area contributed by atoms with Gasteiger partial charge in [0, 0.05) is 0 Å². The summed E-state index contributed by atoms with van der Waals surface area (Å²) in [6.45, 7) is 4.50. The summed E-state index contributed by atoms with van der Waals surface area (Å²) >= 11 is 0. The Hall–Kier alpha value is -1.51. The Labute approximate surface area is 105 Å². The van der Waals surface area contributed by atoms with E-state index < -0.39 is 11.6 Å². The molecule has 1 aromatic carbocycles. The molecule has 1 aromatic rings. The van der Waals surface area contributed by atoms with Crippen molar-refractivity contribution in [3.05, 3.63) is 47.0 Å². The average molecular weight is 252 g/mol. The molecule has 2 rings (SSSR count). The molecular weight excluding hydrogens is 237 g/mol. The molecule has 1 aliphatic rings. The van der Waals surface area contributed by atoms with Crippen molar-refractivity contribution in [3.63, 3.8) is 0 Å². The first-order valence-electron chi connectivity index (χ1n) is 5.80. The second kappa shape index (κ2) is 4.01. The smallest absolute Gasteiger partial charge is 0.170 e. The van der Waals surface area contributed by atoms with Gasteiger partial charge in [-0.2, -0.15) is 13.2 Å². The minimum absolute atomic E-state index is 0.319. The lowest BCUT2D eigenvalue weighted by Gasteiger charge is -2.30. The van der Waals surface area contributed by atoms with Crippen LogP contribution in [0.4, 0.5) is 13.2 Å². The first-order chi connectivity index (χ1) is 8.25. The fourth-order valence-corrected chi connectivity index (χ4v) is 2.30. The normalized spacial score (nSPS) is 23.9. The summed E-state index contributed by atoms with van der Waals surface area (Å²) in [5, 5.41) is 0. The number of hydrogen-bond donors (Lipinski definition) is 0. The van der Waals surface area contributed by atoms with Crippen molar-refractivity contribution in [2.45, 2.75) is 26.9 Å². The average Bonchev–Trinajstić information content (AvgIpc) is 2.36. The van der Waals surface area contributed by atoms with Crippen LogP contribution in [-0.4, -0.2) is 6.18 Å².